The molecule has 0 aromatic heterocycles. The van der Waals surface area contributed by atoms with Crippen LogP contribution >= 0.6 is 0 Å². The van der Waals surface area contributed by atoms with Crippen molar-refractivity contribution < 1.29 is 25.8 Å². The van der Waals surface area contributed by atoms with Gasteiger partial charge in [-0.1, -0.05) is 12.2 Å². The summed E-state index contributed by atoms with van der Waals surface area (Å²) >= 11 is 0. The zero-order valence-electron chi connectivity index (χ0n) is 16.9. The minimum atomic E-state index is 0. The van der Waals surface area contributed by atoms with Crippen LogP contribution in [0.3, 0.4) is 0 Å². The van der Waals surface area contributed by atoms with E-state index in [9.17, 15) is 0 Å². The molecule has 0 bridgehead atoms. The molecule has 4 heterocycles. The summed E-state index contributed by atoms with van der Waals surface area (Å²) in [5, 5.41) is 0. The van der Waals surface area contributed by atoms with Crippen LogP contribution in [-0.2, 0) is 21.1 Å². The Hall–Kier alpha value is -3.43. The van der Waals surface area contributed by atoms with Crippen LogP contribution in [0.1, 0.15) is 0 Å². The molecule has 0 spiro atoms. The molecule has 6 rings (SSSR count). The van der Waals surface area contributed by atoms with Crippen LogP contribution in [-0.4, -0.2) is 9.80 Å². The van der Waals surface area contributed by atoms with E-state index in [1.165, 1.54) is 0 Å². The van der Waals surface area contributed by atoms with Gasteiger partial charge in [-0.05, 0) is 49.1 Å². The normalized spacial score (nSPS) is 17.8. The summed E-state index contributed by atoms with van der Waals surface area (Å²) in [4.78, 5) is 8.20. The van der Waals surface area contributed by atoms with Gasteiger partial charge >= 0.3 is 21.1 Å². The summed E-state index contributed by atoms with van der Waals surface area (Å²) < 4.78 is 6.10. The van der Waals surface area contributed by atoms with Crippen LogP contribution in [0.4, 0.5) is 11.4 Å². The molecule has 5 nitrogen and oxygen atoms in total. The Morgan fingerprint density at radius 3 is 1.59 bits per heavy atom. The Morgan fingerprint density at radius 1 is 0.625 bits per heavy atom. The first-order valence-corrected chi connectivity index (χ1v) is 10.0. The van der Waals surface area contributed by atoms with E-state index in [1.807, 2.05) is 96.2 Å². The van der Waals surface area contributed by atoms with Gasteiger partial charge in [0.1, 0.15) is 0 Å². The predicted molar refractivity (Wildman–Crippen MR) is 121 cm³/mol. The minimum absolute atomic E-state index is 0. The van der Waals surface area contributed by atoms with Crippen molar-refractivity contribution in [3.63, 3.8) is 0 Å². The van der Waals surface area contributed by atoms with Crippen molar-refractivity contribution in [2.45, 2.75) is 0 Å². The van der Waals surface area contributed by atoms with Gasteiger partial charge in [-0.3, -0.25) is 0 Å². The maximum Gasteiger partial charge on any atom is 4.00 e. The Bertz CT molecular complexity index is 1120. The SMILES string of the molecule is [Pt+4].[c-]1c(Oc2[c-]c(N3C=C4C=CC=CN4[CH-]3)ccc2)cccc1N1C=C2C=CC=CN2[CH-]1. The van der Waals surface area contributed by atoms with Crippen molar-refractivity contribution in [2.75, 3.05) is 9.80 Å². The summed E-state index contributed by atoms with van der Waals surface area (Å²) in [5.41, 5.74) is 4.04. The number of ether oxygens (including phenoxy) is 1. The number of anilines is 2. The number of benzene rings is 2. The molecule has 158 valence electrons. The third-order valence-corrected chi connectivity index (χ3v) is 5.17. The fourth-order valence-electron chi connectivity index (χ4n) is 3.66. The molecule has 0 amide bonds. The van der Waals surface area contributed by atoms with E-state index in [1.54, 1.807) is 0 Å². The molecule has 0 unspecified atom stereocenters. The van der Waals surface area contributed by atoms with Crippen molar-refractivity contribution in [1.29, 1.82) is 0 Å². The maximum absolute atomic E-state index is 6.10. The summed E-state index contributed by atoms with van der Waals surface area (Å²) in [5.74, 6) is 1.28. The standard InChI is InChI=1S/C26H18N4O.Pt/c1-3-13-27-19-29(17-23(27)7-1)21-9-5-11-25(15-21)31-26-12-6-10-22(16-26)30-18-24-8-2-4-14-28(24)20-30;/h1-14,17-20H;/q-4;+4. The molecular formula is C26H18N4OPt. The second kappa shape index (κ2) is 8.60. The van der Waals surface area contributed by atoms with Gasteiger partial charge in [0.25, 0.3) is 0 Å². The van der Waals surface area contributed by atoms with E-state index in [-0.39, 0.29) is 21.1 Å². The molecule has 0 aliphatic carbocycles. The molecule has 4 aliphatic rings. The quantitative estimate of drug-likeness (QED) is 0.439. The van der Waals surface area contributed by atoms with Gasteiger partial charge in [0.05, 0.1) is 0 Å². The summed E-state index contributed by atoms with van der Waals surface area (Å²) in [6, 6.07) is 18.5. The fraction of sp³-hybridized carbons (Fsp3) is 0. The van der Waals surface area contributed by atoms with E-state index in [0.29, 0.717) is 11.5 Å². The zero-order valence-corrected chi connectivity index (χ0v) is 19.2. The third-order valence-electron chi connectivity index (χ3n) is 5.17. The number of hydrogen-bond donors (Lipinski definition) is 0. The van der Waals surface area contributed by atoms with E-state index >= 15 is 0 Å². The van der Waals surface area contributed by atoms with Crippen molar-refractivity contribution >= 4 is 11.4 Å². The molecule has 0 radical (unpaired) electrons. The Labute approximate surface area is 202 Å². The average Bonchev–Trinajstić information content (AvgIpc) is 3.44. The Kier molecular flexibility index (Phi) is 5.50. The van der Waals surface area contributed by atoms with Gasteiger partial charge in [-0.15, -0.1) is 61.1 Å². The molecule has 0 atom stereocenters. The molecule has 0 saturated carbocycles. The van der Waals surface area contributed by atoms with Crippen molar-refractivity contribution in [3.05, 3.63) is 135 Å². The van der Waals surface area contributed by atoms with E-state index in [4.69, 9.17) is 4.74 Å². The number of rotatable bonds is 4. The first-order valence-electron chi connectivity index (χ1n) is 10.0. The van der Waals surface area contributed by atoms with Crippen LogP contribution in [0, 0.1) is 25.5 Å². The molecule has 0 N–H and O–H groups in total. The molecule has 2 aromatic carbocycles. The van der Waals surface area contributed by atoms with E-state index < -0.39 is 0 Å². The monoisotopic (exact) mass is 597 g/mol. The first-order chi connectivity index (χ1) is 15.3. The van der Waals surface area contributed by atoms with Gasteiger partial charge in [0.15, 0.2) is 0 Å². The molecule has 2 aromatic rings. The molecule has 0 fully saturated rings. The van der Waals surface area contributed by atoms with Crippen molar-refractivity contribution in [2.24, 2.45) is 0 Å². The smallest absolute Gasteiger partial charge is 0.509 e. The van der Waals surface area contributed by atoms with Gasteiger partial charge in [0.2, 0.25) is 0 Å². The second-order valence-electron chi connectivity index (χ2n) is 7.27. The average molecular weight is 598 g/mol. The molecule has 4 aliphatic heterocycles. The van der Waals surface area contributed by atoms with Crippen molar-refractivity contribution in [3.8, 4) is 11.5 Å². The first kappa shape index (κ1) is 20.5. The number of hydrogen-bond acceptors (Lipinski definition) is 5. The number of allylic oxidation sites excluding steroid dienone is 6. The van der Waals surface area contributed by atoms with E-state index in [0.717, 1.165) is 22.8 Å². The number of nitrogens with zero attached hydrogens (tertiary/aromatic N) is 4. The maximum atomic E-state index is 6.10. The summed E-state index contributed by atoms with van der Waals surface area (Å²) in [7, 11) is 0. The largest absolute Gasteiger partial charge is 4.00 e. The Morgan fingerprint density at radius 2 is 1.12 bits per heavy atom. The zero-order chi connectivity index (χ0) is 20.6. The van der Waals surface area contributed by atoms with Gasteiger partial charge < -0.3 is 24.3 Å². The third kappa shape index (κ3) is 3.92. The predicted octanol–water partition coefficient (Wildman–Crippen LogP) is 5.41. The molecule has 0 saturated heterocycles. The van der Waals surface area contributed by atoms with Crippen LogP contribution in [0.5, 0.6) is 11.5 Å². The van der Waals surface area contributed by atoms with Crippen molar-refractivity contribution in [1.82, 2.24) is 9.80 Å². The fourth-order valence-corrected chi connectivity index (χ4v) is 3.66. The van der Waals surface area contributed by atoms with Crippen LogP contribution in [0.25, 0.3) is 0 Å². The molecule has 6 heteroatoms. The molecule has 32 heavy (non-hydrogen) atoms. The second-order valence-corrected chi connectivity index (χ2v) is 7.27. The van der Waals surface area contributed by atoms with Crippen LogP contribution < -0.4 is 14.5 Å². The van der Waals surface area contributed by atoms with E-state index in [2.05, 4.69) is 46.5 Å². The number of fused-ring (bicyclic) bond motifs is 2. The van der Waals surface area contributed by atoms with Crippen LogP contribution in [0.2, 0.25) is 0 Å². The van der Waals surface area contributed by atoms with Crippen LogP contribution in [0.15, 0.2) is 109 Å². The Balaban J connectivity index is 0.00000216. The van der Waals surface area contributed by atoms with Gasteiger partial charge in [0, 0.05) is 22.9 Å². The van der Waals surface area contributed by atoms with Gasteiger partial charge in [-0.25, -0.2) is 0 Å². The molecular weight excluding hydrogens is 579 g/mol. The summed E-state index contributed by atoms with van der Waals surface area (Å²) in [6.45, 7) is 4.04. The minimum Gasteiger partial charge on any atom is -0.509 e. The topological polar surface area (TPSA) is 22.2 Å². The summed E-state index contributed by atoms with van der Waals surface area (Å²) in [6.07, 6.45) is 20.4. The van der Waals surface area contributed by atoms with Gasteiger partial charge in [-0.2, -0.15) is 12.1 Å².